The summed E-state index contributed by atoms with van der Waals surface area (Å²) in [4.78, 5) is 0. The summed E-state index contributed by atoms with van der Waals surface area (Å²) in [6, 6.07) is 17.2. The molecule has 0 saturated heterocycles. The number of rotatable bonds is 8. The first kappa shape index (κ1) is 17.9. The van der Waals surface area contributed by atoms with Gasteiger partial charge in [0.2, 0.25) is 0 Å². The molecular weight excluding hydrogens is 300 g/mol. The molecule has 0 spiro atoms. The van der Waals surface area contributed by atoms with Gasteiger partial charge in [-0.2, -0.15) is 0 Å². The zero-order valence-corrected chi connectivity index (χ0v) is 15.8. The Balaban J connectivity index is 2.59. The highest BCUT2D eigenvalue weighted by Crippen LogP contribution is 2.14. The van der Waals surface area contributed by atoms with Crippen LogP contribution in [0.4, 0.5) is 0 Å². The van der Waals surface area contributed by atoms with Crippen LogP contribution in [0.1, 0.15) is 37.8 Å². The van der Waals surface area contributed by atoms with Gasteiger partial charge < -0.3 is 8.85 Å². The molecule has 124 valence electrons. The summed E-state index contributed by atoms with van der Waals surface area (Å²) in [6.45, 7) is 10.0. The van der Waals surface area contributed by atoms with E-state index in [0.717, 1.165) is 26.1 Å². The van der Waals surface area contributed by atoms with Crippen molar-refractivity contribution in [2.75, 3.05) is 13.2 Å². The molecule has 23 heavy (non-hydrogen) atoms. The average molecular weight is 329 g/mol. The first-order valence-corrected chi connectivity index (χ1v) is 10.4. The summed E-state index contributed by atoms with van der Waals surface area (Å²) in [6.07, 6.45) is 1.98. The molecule has 0 aromatic heterocycles. The summed E-state index contributed by atoms with van der Waals surface area (Å²) in [7, 11) is -2.65. The Hall–Kier alpha value is -1.42. The largest absolute Gasteiger partial charge is 0.407 e. The van der Waals surface area contributed by atoms with Gasteiger partial charge in [-0.1, -0.05) is 73.5 Å². The van der Waals surface area contributed by atoms with E-state index in [1.807, 2.05) is 6.07 Å². The second kappa shape index (κ2) is 8.43. The minimum absolute atomic E-state index is 0.720. The summed E-state index contributed by atoms with van der Waals surface area (Å²) in [5.74, 6) is 0. The Kier molecular flexibility index (Phi) is 6.57. The van der Waals surface area contributed by atoms with Crippen molar-refractivity contribution in [1.82, 2.24) is 0 Å². The standard InChI is InChI=1S/C20H28O2Si/c1-5-12-21-23(22-13-6-2,19-10-8-7-9-11-19)20-15-17(3)14-18(4)16-20/h7-11,14-16H,5-6,12-13H2,1-4H3. The molecular formula is C20H28O2Si. The fraction of sp³-hybridized carbons (Fsp3) is 0.400. The van der Waals surface area contributed by atoms with Crippen molar-refractivity contribution in [3.63, 3.8) is 0 Å². The molecule has 2 rings (SSSR count). The number of aryl methyl sites for hydroxylation is 2. The maximum absolute atomic E-state index is 6.48. The zero-order valence-electron chi connectivity index (χ0n) is 14.8. The van der Waals surface area contributed by atoms with Crippen molar-refractivity contribution in [2.45, 2.75) is 40.5 Å². The topological polar surface area (TPSA) is 18.5 Å². The molecule has 0 aliphatic carbocycles. The van der Waals surface area contributed by atoms with E-state index in [1.54, 1.807) is 0 Å². The van der Waals surface area contributed by atoms with Crippen LogP contribution >= 0.6 is 0 Å². The average Bonchev–Trinajstić information content (AvgIpc) is 2.55. The van der Waals surface area contributed by atoms with Gasteiger partial charge in [-0.25, -0.2) is 0 Å². The predicted octanol–water partition coefficient (Wildman–Crippen LogP) is 3.71. The Labute approximate surface area is 141 Å². The Morgan fingerprint density at radius 2 is 1.26 bits per heavy atom. The Bertz CT molecular complexity index is 582. The quantitative estimate of drug-likeness (QED) is 0.688. The van der Waals surface area contributed by atoms with Gasteiger partial charge in [-0.15, -0.1) is 0 Å². The summed E-state index contributed by atoms with van der Waals surface area (Å²) < 4.78 is 13.0. The fourth-order valence-corrected chi connectivity index (χ4v) is 6.39. The van der Waals surface area contributed by atoms with E-state index >= 15 is 0 Å². The van der Waals surface area contributed by atoms with Gasteiger partial charge in [0.15, 0.2) is 0 Å². The first-order valence-electron chi connectivity index (χ1n) is 8.54. The number of hydrogen-bond acceptors (Lipinski definition) is 2. The third-order valence-corrected chi connectivity index (χ3v) is 7.14. The van der Waals surface area contributed by atoms with Crippen LogP contribution in [0.25, 0.3) is 0 Å². The molecule has 2 aromatic rings. The minimum atomic E-state index is -2.65. The molecule has 2 aromatic carbocycles. The Morgan fingerprint density at radius 3 is 1.74 bits per heavy atom. The van der Waals surface area contributed by atoms with Crippen molar-refractivity contribution >= 4 is 18.9 Å². The molecule has 0 unspecified atom stereocenters. The molecule has 0 aliphatic rings. The number of hydrogen-bond donors (Lipinski definition) is 0. The van der Waals surface area contributed by atoms with E-state index in [-0.39, 0.29) is 0 Å². The van der Waals surface area contributed by atoms with Gasteiger partial charge in [0, 0.05) is 13.2 Å². The number of benzene rings is 2. The molecule has 0 amide bonds. The molecule has 0 saturated carbocycles. The van der Waals surface area contributed by atoms with Gasteiger partial charge in [-0.05, 0) is 37.1 Å². The second-order valence-corrected chi connectivity index (χ2v) is 9.02. The summed E-state index contributed by atoms with van der Waals surface area (Å²) >= 11 is 0. The van der Waals surface area contributed by atoms with Crippen LogP contribution in [0.2, 0.25) is 0 Å². The lowest BCUT2D eigenvalue weighted by atomic mass is 10.2. The van der Waals surface area contributed by atoms with Crippen molar-refractivity contribution in [3.8, 4) is 0 Å². The van der Waals surface area contributed by atoms with Crippen LogP contribution in [-0.4, -0.2) is 21.8 Å². The molecule has 0 atom stereocenters. The van der Waals surface area contributed by atoms with E-state index in [1.165, 1.54) is 21.5 Å². The lowest BCUT2D eigenvalue weighted by molar-refractivity contribution is 0.191. The molecule has 2 nitrogen and oxygen atoms in total. The molecule has 0 bridgehead atoms. The van der Waals surface area contributed by atoms with Gasteiger partial charge in [-0.3, -0.25) is 0 Å². The van der Waals surface area contributed by atoms with Crippen molar-refractivity contribution < 1.29 is 8.85 Å². The lowest BCUT2D eigenvalue weighted by Crippen LogP contribution is -2.63. The predicted molar refractivity (Wildman–Crippen MR) is 99.9 cm³/mol. The van der Waals surface area contributed by atoms with Crippen LogP contribution in [0, 0.1) is 13.8 Å². The van der Waals surface area contributed by atoms with Crippen LogP contribution in [0.3, 0.4) is 0 Å². The van der Waals surface area contributed by atoms with Crippen LogP contribution in [0.5, 0.6) is 0 Å². The Morgan fingerprint density at radius 1 is 0.739 bits per heavy atom. The molecule has 0 fully saturated rings. The highest BCUT2D eigenvalue weighted by atomic mass is 28.4. The van der Waals surface area contributed by atoms with E-state index in [4.69, 9.17) is 8.85 Å². The van der Waals surface area contributed by atoms with E-state index in [0.29, 0.717) is 0 Å². The molecule has 0 radical (unpaired) electrons. The second-order valence-electron chi connectivity index (χ2n) is 6.06. The van der Waals surface area contributed by atoms with Gasteiger partial charge >= 0.3 is 8.56 Å². The summed E-state index contributed by atoms with van der Waals surface area (Å²) in [5.41, 5.74) is 2.51. The van der Waals surface area contributed by atoms with E-state index < -0.39 is 8.56 Å². The van der Waals surface area contributed by atoms with Gasteiger partial charge in [0.05, 0.1) is 0 Å². The molecule has 0 heterocycles. The van der Waals surface area contributed by atoms with Crippen molar-refractivity contribution in [1.29, 1.82) is 0 Å². The third-order valence-electron chi connectivity index (χ3n) is 3.77. The van der Waals surface area contributed by atoms with Gasteiger partial charge in [0.25, 0.3) is 0 Å². The molecule has 0 N–H and O–H groups in total. The van der Waals surface area contributed by atoms with E-state index in [2.05, 4.69) is 70.2 Å². The maximum atomic E-state index is 6.48. The third kappa shape index (κ3) is 4.31. The first-order chi connectivity index (χ1) is 11.1. The van der Waals surface area contributed by atoms with Gasteiger partial charge in [0.1, 0.15) is 0 Å². The van der Waals surface area contributed by atoms with Crippen LogP contribution < -0.4 is 10.4 Å². The van der Waals surface area contributed by atoms with Crippen molar-refractivity contribution in [2.24, 2.45) is 0 Å². The molecule has 0 aliphatic heterocycles. The van der Waals surface area contributed by atoms with Crippen molar-refractivity contribution in [3.05, 3.63) is 59.7 Å². The van der Waals surface area contributed by atoms with E-state index in [9.17, 15) is 0 Å². The minimum Gasteiger partial charge on any atom is -0.388 e. The monoisotopic (exact) mass is 328 g/mol. The van der Waals surface area contributed by atoms with Crippen LogP contribution in [-0.2, 0) is 8.85 Å². The fourth-order valence-electron chi connectivity index (χ4n) is 2.86. The zero-order chi connectivity index (χ0) is 16.7. The van der Waals surface area contributed by atoms with Crippen LogP contribution in [0.15, 0.2) is 48.5 Å². The highest BCUT2D eigenvalue weighted by Gasteiger charge is 2.42. The lowest BCUT2D eigenvalue weighted by Gasteiger charge is -2.32. The normalized spacial score (nSPS) is 11.7. The SMILES string of the molecule is CCCO[Si](OCCC)(c1ccccc1)c1cc(C)cc(C)c1. The maximum Gasteiger partial charge on any atom is 0.407 e. The highest BCUT2D eigenvalue weighted by molar-refractivity contribution is 6.92. The molecule has 3 heteroatoms. The summed E-state index contributed by atoms with van der Waals surface area (Å²) in [5, 5.41) is 2.40. The smallest absolute Gasteiger partial charge is 0.388 e.